The van der Waals surface area contributed by atoms with Crippen molar-refractivity contribution >= 4 is 5.91 Å². The van der Waals surface area contributed by atoms with E-state index >= 15 is 0 Å². The summed E-state index contributed by atoms with van der Waals surface area (Å²) in [5.41, 5.74) is 8.26. The molecule has 0 bridgehead atoms. The van der Waals surface area contributed by atoms with Gasteiger partial charge in [0.15, 0.2) is 0 Å². The van der Waals surface area contributed by atoms with Gasteiger partial charge in [-0.05, 0) is 29.9 Å². The Morgan fingerprint density at radius 3 is 2.53 bits per heavy atom. The van der Waals surface area contributed by atoms with E-state index in [1.165, 1.54) is 24.0 Å². The van der Waals surface area contributed by atoms with E-state index in [0.29, 0.717) is 0 Å². The number of rotatable bonds is 3. The number of nitrogens with one attached hydrogen (secondary N) is 1. The number of benzene rings is 1. The molecule has 2 unspecified atom stereocenters. The van der Waals surface area contributed by atoms with Crippen LogP contribution < -0.4 is 11.1 Å². The first kappa shape index (κ1) is 10.8. The van der Waals surface area contributed by atoms with Crippen molar-refractivity contribution in [2.75, 3.05) is 13.1 Å². The SMILES string of the molecule is NC(=O)C1CNCC1c1ccccc1C1CC1. The van der Waals surface area contributed by atoms with Gasteiger partial charge in [0.05, 0.1) is 5.92 Å². The number of primary amides is 1. The molecule has 17 heavy (non-hydrogen) atoms. The number of nitrogens with two attached hydrogens (primary N) is 1. The van der Waals surface area contributed by atoms with Crippen LogP contribution in [0.4, 0.5) is 0 Å². The fourth-order valence-corrected chi connectivity index (χ4v) is 2.92. The zero-order valence-corrected chi connectivity index (χ0v) is 9.86. The van der Waals surface area contributed by atoms with E-state index < -0.39 is 0 Å². The number of carbonyl (C=O) groups excluding carboxylic acids is 1. The van der Waals surface area contributed by atoms with Crippen LogP contribution >= 0.6 is 0 Å². The summed E-state index contributed by atoms with van der Waals surface area (Å²) in [4.78, 5) is 11.5. The highest BCUT2D eigenvalue weighted by Gasteiger charge is 2.36. The van der Waals surface area contributed by atoms with E-state index in [0.717, 1.165) is 19.0 Å². The van der Waals surface area contributed by atoms with Crippen LogP contribution in [0, 0.1) is 5.92 Å². The lowest BCUT2D eigenvalue weighted by Gasteiger charge is -2.19. The quantitative estimate of drug-likeness (QED) is 0.823. The summed E-state index contributed by atoms with van der Waals surface area (Å²) in [5.74, 6) is 0.769. The van der Waals surface area contributed by atoms with Gasteiger partial charge < -0.3 is 11.1 Å². The second kappa shape index (κ2) is 4.15. The third-order valence-electron chi connectivity index (χ3n) is 3.99. The second-order valence-corrected chi connectivity index (χ2v) is 5.18. The zero-order chi connectivity index (χ0) is 11.8. The lowest BCUT2D eigenvalue weighted by Crippen LogP contribution is -2.28. The van der Waals surface area contributed by atoms with Gasteiger partial charge >= 0.3 is 0 Å². The summed E-state index contributed by atoms with van der Waals surface area (Å²) in [6.45, 7) is 1.59. The molecule has 1 aromatic rings. The van der Waals surface area contributed by atoms with E-state index in [1.54, 1.807) is 0 Å². The Balaban J connectivity index is 1.95. The smallest absolute Gasteiger partial charge is 0.222 e. The average Bonchev–Trinajstić information content (AvgIpc) is 3.06. The van der Waals surface area contributed by atoms with Crippen molar-refractivity contribution in [2.45, 2.75) is 24.7 Å². The molecule has 2 atom stereocenters. The highest BCUT2D eigenvalue weighted by molar-refractivity contribution is 5.78. The Bertz CT molecular complexity index is 440. The molecule has 3 rings (SSSR count). The normalized spacial score (nSPS) is 28.2. The molecule has 1 heterocycles. The minimum absolute atomic E-state index is 0.0464. The maximum Gasteiger partial charge on any atom is 0.222 e. The lowest BCUT2D eigenvalue weighted by atomic mass is 9.84. The van der Waals surface area contributed by atoms with E-state index in [2.05, 4.69) is 29.6 Å². The van der Waals surface area contributed by atoms with Crippen molar-refractivity contribution in [1.29, 1.82) is 0 Å². The molecule has 0 aromatic heterocycles. The summed E-state index contributed by atoms with van der Waals surface area (Å²) in [5, 5.41) is 3.29. The molecule has 0 radical (unpaired) electrons. The molecule has 0 spiro atoms. The number of carbonyl (C=O) groups is 1. The third kappa shape index (κ3) is 1.95. The molecule has 1 aliphatic carbocycles. The number of hydrogen-bond donors (Lipinski definition) is 2. The lowest BCUT2D eigenvalue weighted by molar-refractivity contribution is -0.121. The van der Waals surface area contributed by atoms with E-state index in [1.807, 2.05) is 0 Å². The molecule has 3 N–H and O–H groups in total. The summed E-state index contributed by atoms with van der Waals surface area (Å²) in [7, 11) is 0. The second-order valence-electron chi connectivity index (χ2n) is 5.18. The fourth-order valence-electron chi connectivity index (χ4n) is 2.92. The monoisotopic (exact) mass is 230 g/mol. The van der Waals surface area contributed by atoms with Crippen LogP contribution in [0.2, 0.25) is 0 Å². The van der Waals surface area contributed by atoms with Crippen molar-refractivity contribution in [1.82, 2.24) is 5.32 Å². The van der Waals surface area contributed by atoms with E-state index in [9.17, 15) is 4.79 Å². The molecule has 1 amide bonds. The summed E-state index contributed by atoms with van der Waals surface area (Å²) >= 11 is 0. The van der Waals surface area contributed by atoms with E-state index in [-0.39, 0.29) is 17.7 Å². The summed E-state index contributed by atoms with van der Waals surface area (Å²) in [6.07, 6.45) is 2.58. The summed E-state index contributed by atoms with van der Waals surface area (Å²) < 4.78 is 0. The minimum atomic E-state index is -0.175. The molecular formula is C14H18N2O. The Morgan fingerprint density at radius 1 is 1.18 bits per heavy atom. The largest absolute Gasteiger partial charge is 0.369 e. The molecule has 3 heteroatoms. The van der Waals surface area contributed by atoms with Crippen LogP contribution in [-0.2, 0) is 4.79 Å². The molecule has 1 saturated heterocycles. The van der Waals surface area contributed by atoms with Gasteiger partial charge in [-0.25, -0.2) is 0 Å². The minimum Gasteiger partial charge on any atom is -0.369 e. The molecule has 2 fully saturated rings. The highest BCUT2D eigenvalue weighted by atomic mass is 16.1. The number of hydrogen-bond acceptors (Lipinski definition) is 2. The van der Waals surface area contributed by atoms with Gasteiger partial charge in [-0.2, -0.15) is 0 Å². The highest BCUT2D eigenvalue weighted by Crippen LogP contribution is 2.44. The van der Waals surface area contributed by atoms with E-state index in [4.69, 9.17) is 5.73 Å². The molecule has 3 nitrogen and oxygen atoms in total. The Morgan fingerprint density at radius 2 is 1.88 bits per heavy atom. The first-order valence-electron chi connectivity index (χ1n) is 6.36. The van der Waals surface area contributed by atoms with Crippen LogP contribution in [0.25, 0.3) is 0 Å². The molecule has 90 valence electrons. The predicted octanol–water partition coefficient (Wildman–Crippen LogP) is 1.35. The van der Waals surface area contributed by atoms with Gasteiger partial charge in [-0.3, -0.25) is 4.79 Å². The average molecular weight is 230 g/mol. The van der Waals surface area contributed by atoms with Crippen molar-refractivity contribution < 1.29 is 4.79 Å². The van der Waals surface area contributed by atoms with Gasteiger partial charge in [0, 0.05) is 19.0 Å². The number of amides is 1. The first-order valence-corrected chi connectivity index (χ1v) is 6.36. The maximum atomic E-state index is 11.5. The van der Waals surface area contributed by atoms with Crippen molar-refractivity contribution in [3.05, 3.63) is 35.4 Å². The van der Waals surface area contributed by atoms with Crippen LogP contribution in [0.15, 0.2) is 24.3 Å². The van der Waals surface area contributed by atoms with Gasteiger partial charge in [0.25, 0.3) is 0 Å². The van der Waals surface area contributed by atoms with Gasteiger partial charge in [0.2, 0.25) is 5.91 Å². The van der Waals surface area contributed by atoms with Gasteiger partial charge in [0.1, 0.15) is 0 Å². The van der Waals surface area contributed by atoms with Crippen LogP contribution in [-0.4, -0.2) is 19.0 Å². The third-order valence-corrected chi connectivity index (χ3v) is 3.99. The standard InChI is InChI=1S/C14H18N2O/c15-14(17)13-8-16-7-12(13)11-4-2-1-3-10(11)9-5-6-9/h1-4,9,12-13,16H,5-8H2,(H2,15,17). The predicted molar refractivity (Wildman–Crippen MR) is 66.7 cm³/mol. The van der Waals surface area contributed by atoms with Crippen molar-refractivity contribution in [2.24, 2.45) is 11.7 Å². The van der Waals surface area contributed by atoms with Crippen LogP contribution in [0.5, 0.6) is 0 Å². The summed E-state index contributed by atoms with van der Waals surface area (Å²) in [6, 6.07) is 8.54. The van der Waals surface area contributed by atoms with Crippen LogP contribution in [0.3, 0.4) is 0 Å². The van der Waals surface area contributed by atoms with Crippen LogP contribution in [0.1, 0.15) is 35.8 Å². The zero-order valence-electron chi connectivity index (χ0n) is 9.86. The Labute approximate surface area is 101 Å². The Kier molecular flexibility index (Phi) is 2.63. The van der Waals surface area contributed by atoms with Gasteiger partial charge in [-0.15, -0.1) is 0 Å². The van der Waals surface area contributed by atoms with Crippen molar-refractivity contribution in [3.63, 3.8) is 0 Å². The molecule has 2 aliphatic rings. The molecule has 1 saturated carbocycles. The molecule has 1 aromatic carbocycles. The molecular weight excluding hydrogens is 212 g/mol. The maximum absolute atomic E-state index is 11.5. The van der Waals surface area contributed by atoms with Crippen molar-refractivity contribution in [3.8, 4) is 0 Å². The fraction of sp³-hybridized carbons (Fsp3) is 0.500. The first-order chi connectivity index (χ1) is 8.27. The van der Waals surface area contributed by atoms with Gasteiger partial charge in [-0.1, -0.05) is 24.3 Å². The topological polar surface area (TPSA) is 55.1 Å². The Hall–Kier alpha value is -1.35. The molecule has 1 aliphatic heterocycles.